The normalized spacial score (nSPS) is 12.5. The summed E-state index contributed by atoms with van der Waals surface area (Å²) in [6.07, 6.45) is 0.885. The van der Waals surface area contributed by atoms with Gasteiger partial charge in [0.2, 0.25) is 5.76 Å². The molecular formula is C9H12O4. The maximum Gasteiger partial charge on any atom is 0.371 e. The van der Waals surface area contributed by atoms with Gasteiger partial charge in [-0.15, -0.1) is 0 Å². The second-order valence-electron chi connectivity index (χ2n) is 2.76. The molecule has 1 N–H and O–H groups in total. The smallest absolute Gasteiger partial charge is 0.371 e. The molecule has 0 saturated carbocycles. The van der Waals surface area contributed by atoms with Crippen molar-refractivity contribution < 1.29 is 19.1 Å². The summed E-state index contributed by atoms with van der Waals surface area (Å²) in [5, 5.41) is 8.54. The van der Waals surface area contributed by atoms with Crippen LogP contribution in [0.15, 0.2) is 16.5 Å². The van der Waals surface area contributed by atoms with Crippen LogP contribution in [0.3, 0.4) is 0 Å². The van der Waals surface area contributed by atoms with E-state index in [1.165, 1.54) is 12.1 Å². The topological polar surface area (TPSA) is 59.7 Å². The van der Waals surface area contributed by atoms with Crippen molar-refractivity contribution in [3.05, 3.63) is 17.9 Å². The van der Waals surface area contributed by atoms with Gasteiger partial charge in [0.05, 0.1) is 6.10 Å². The predicted octanol–water partition coefficient (Wildman–Crippen LogP) is 2.16. The number of aromatic carboxylic acids is 1. The average molecular weight is 184 g/mol. The zero-order chi connectivity index (χ0) is 9.84. The Hall–Kier alpha value is -1.45. The molecule has 0 radical (unpaired) electrons. The van der Waals surface area contributed by atoms with Crippen LogP contribution in [0.25, 0.3) is 0 Å². The molecule has 0 fully saturated rings. The summed E-state index contributed by atoms with van der Waals surface area (Å²) in [4.78, 5) is 10.4. The first-order valence-electron chi connectivity index (χ1n) is 4.13. The van der Waals surface area contributed by atoms with Gasteiger partial charge in [0.1, 0.15) is 0 Å². The Bertz CT molecular complexity index is 290. The summed E-state index contributed by atoms with van der Waals surface area (Å²) in [6.45, 7) is 3.87. The minimum Gasteiger partial charge on any atom is -0.475 e. The summed E-state index contributed by atoms with van der Waals surface area (Å²) in [6, 6.07) is 2.88. The number of carboxylic acid groups (broad SMARTS) is 1. The van der Waals surface area contributed by atoms with Crippen LogP contribution in [0.5, 0.6) is 5.95 Å². The van der Waals surface area contributed by atoms with Crippen LogP contribution in [-0.2, 0) is 0 Å². The minimum atomic E-state index is -1.08. The van der Waals surface area contributed by atoms with Crippen LogP contribution in [-0.4, -0.2) is 17.2 Å². The number of ether oxygens (including phenoxy) is 1. The third-order valence-electron chi connectivity index (χ3n) is 1.68. The van der Waals surface area contributed by atoms with E-state index in [0.29, 0.717) is 0 Å². The van der Waals surface area contributed by atoms with Crippen LogP contribution in [0.2, 0.25) is 0 Å². The number of carboxylic acids is 1. The van der Waals surface area contributed by atoms with Crippen LogP contribution in [0.4, 0.5) is 0 Å². The van der Waals surface area contributed by atoms with Crippen molar-refractivity contribution in [2.45, 2.75) is 26.4 Å². The van der Waals surface area contributed by atoms with Crippen molar-refractivity contribution in [1.29, 1.82) is 0 Å². The van der Waals surface area contributed by atoms with Crippen molar-refractivity contribution in [3.8, 4) is 5.95 Å². The molecule has 0 saturated heterocycles. The molecule has 1 aromatic heterocycles. The Morgan fingerprint density at radius 1 is 1.69 bits per heavy atom. The third-order valence-corrected chi connectivity index (χ3v) is 1.68. The maximum absolute atomic E-state index is 10.4. The van der Waals surface area contributed by atoms with E-state index >= 15 is 0 Å². The monoisotopic (exact) mass is 184 g/mol. The van der Waals surface area contributed by atoms with E-state index in [0.717, 1.165) is 6.42 Å². The summed E-state index contributed by atoms with van der Waals surface area (Å²) < 4.78 is 10.2. The van der Waals surface area contributed by atoms with Gasteiger partial charge in [-0.2, -0.15) is 0 Å². The fraction of sp³-hybridized carbons (Fsp3) is 0.444. The van der Waals surface area contributed by atoms with E-state index < -0.39 is 5.97 Å². The lowest BCUT2D eigenvalue weighted by Crippen LogP contribution is -2.08. The molecule has 1 rings (SSSR count). The van der Waals surface area contributed by atoms with E-state index in [-0.39, 0.29) is 17.8 Å². The highest BCUT2D eigenvalue weighted by Crippen LogP contribution is 2.17. The van der Waals surface area contributed by atoms with Gasteiger partial charge in [-0.05, 0) is 19.4 Å². The molecule has 1 atom stereocenters. The molecule has 0 aromatic carbocycles. The summed E-state index contributed by atoms with van der Waals surface area (Å²) in [5.74, 6) is -0.927. The Morgan fingerprint density at radius 3 is 2.85 bits per heavy atom. The highest BCUT2D eigenvalue weighted by Gasteiger charge is 2.10. The standard InChI is InChI=1S/C9H12O4/c1-3-6(2)12-8-5-4-7(13-8)9(10)11/h4-6H,3H2,1-2H3,(H,10,11). The highest BCUT2D eigenvalue weighted by atomic mass is 16.6. The minimum absolute atomic E-state index is 0.0350. The summed E-state index contributed by atoms with van der Waals surface area (Å²) in [7, 11) is 0. The van der Waals surface area contributed by atoms with Crippen molar-refractivity contribution >= 4 is 5.97 Å². The van der Waals surface area contributed by atoms with E-state index in [9.17, 15) is 4.79 Å². The lowest BCUT2D eigenvalue weighted by molar-refractivity contribution is 0.0647. The molecule has 0 aliphatic rings. The molecule has 0 bridgehead atoms. The molecule has 0 amide bonds. The van der Waals surface area contributed by atoms with Crippen molar-refractivity contribution in [2.24, 2.45) is 0 Å². The molecule has 4 nitrogen and oxygen atoms in total. The predicted molar refractivity (Wildman–Crippen MR) is 46.0 cm³/mol. The molecule has 4 heteroatoms. The van der Waals surface area contributed by atoms with Crippen molar-refractivity contribution in [2.75, 3.05) is 0 Å². The lowest BCUT2D eigenvalue weighted by atomic mass is 10.3. The lowest BCUT2D eigenvalue weighted by Gasteiger charge is -2.08. The van der Waals surface area contributed by atoms with Gasteiger partial charge in [-0.25, -0.2) is 4.79 Å². The van der Waals surface area contributed by atoms with Gasteiger partial charge >= 0.3 is 5.97 Å². The van der Waals surface area contributed by atoms with Gasteiger partial charge in [0, 0.05) is 6.07 Å². The zero-order valence-corrected chi connectivity index (χ0v) is 7.61. The van der Waals surface area contributed by atoms with E-state index in [1.807, 2.05) is 13.8 Å². The van der Waals surface area contributed by atoms with Crippen LogP contribution < -0.4 is 4.74 Å². The van der Waals surface area contributed by atoms with Gasteiger partial charge < -0.3 is 14.3 Å². The van der Waals surface area contributed by atoms with Gasteiger partial charge in [-0.3, -0.25) is 0 Å². The third kappa shape index (κ3) is 2.50. The Labute approximate surface area is 76.1 Å². The molecular weight excluding hydrogens is 172 g/mol. The van der Waals surface area contributed by atoms with Crippen molar-refractivity contribution in [3.63, 3.8) is 0 Å². The van der Waals surface area contributed by atoms with Crippen LogP contribution in [0.1, 0.15) is 30.8 Å². The summed E-state index contributed by atoms with van der Waals surface area (Å²) >= 11 is 0. The molecule has 72 valence electrons. The van der Waals surface area contributed by atoms with Gasteiger partial charge in [0.25, 0.3) is 5.95 Å². The van der Waals surface area contributed by atoms with Gasteiger partial charge in [0.15, 0.2) is 0 Å². The maximum atomic E-state index is 10.4. The Kier molecular flexibility index (Phi) is 2.95. The largest absolute Gasteiger partial charge is 0.475 e. The molecule has 1 heterocycles. The van der Waals surface area contributed by atoms with E-state index in [1.54, 1.807) is 0 Å². The molecule has 0 spiro atoms. The summed E-state index contributed by atoms with van der Waals surface area (Å²) in [5.41, 5.74) is 0. The van der Waals surface area contributed by atoms with Crippen LogP contribution >= 0.6 is 0 Å². The van der Waals surface area contributed by atoms with Crippen LogP contribution in [0, 0.1) is 0 Å². The number of rotatable bonds is 4. The molecule has 1 unspecified atom stereocenters. The Morgan fingerprint density at radius 2 is 2.38 bits per heavy atom. The Balaban J connectivity index is 2.64. The van der Waals surface area contributed by atoms with E-state index in [2.05, 4.69) is 0 Å². The van der Waals surface area contributed by atoms with Crippen molar-refractivity contribution in [1.82, 2.24) is 0 Å². The molecule has 0 aliphatic carbocycles. The number of furan rings is 1. The first kappa shape index (κ1) is 9.64. The molecule has 13 heavy (non-hydrogen) atoms. The molecule has 0 aliphatic heterocycles. The first-order chi connectivity index (χ1) is 6.13. The SMILES string of the molecule is CCC(C)Oc1ccc(C(=O)O)o1. The zero-order valence-electron chi connectivity index (χ0n) is 7.61. The van der Waals surface area contributed by atoms with Gasteiger partial charge in [-0.1, -0.05) is 6.92 Å². The molecule has 1 aromatic rings. The number of hydrogen-bond acceptors (Lipinski definition) is 3. The second-order valence-corrected chi connectivity index (χ2v) is 2.76. The van der Waals surface area contributed by atoms with E-state index in [4.69, 9.17) is 14.3 Å². The second kappa shape index (κ2) is 3.98. The fourth-order valence-corrected chi connectivity index (χ4v) is 0.780. The first-order valence-corrected chi connectivity index (χ1v) is 4.13. The number of hydrogen-bond donors (Lipinski definition) is 1. The fourth-order valence-electron chi connectivity index (χ4n) is 0.780. The average Bonchev–Trinajstić information content (AvgIpc) is 2.52. The quantitative estimate of drug-likeness (QED) is 0.778. The number of carbonyl (C=O) groups is 1. The highest BCUT2D eigenvalue weighted by molar-refractivity contribution is 5.84.